The number of pyridine rings is 1. The van der Waals surface area contributed by atoms with Crippen LogP contribution in [-0.2, 0) is 0 Å². The molecule has 1 aromatic carbocycles. The van der Waals surface area contributed by atoms with E-state index in [0.29, 0.717) is 40.1 Å². The van der Waals surface area contributed by atoms with Gasteiger partial charge >= 0.3 is 0 Å². The van der Waals surface area contributed by atoms with Gasteiger partial charge in [-0.15, -0.1) is 0 Å². The fourth-order valence-corrected chi connectivity index (χ4v) is 9.08. The summed E-state index contributed by atoms with van der Waals surface area (Å²) in [5.41, 5.74) is 11.6. The lowest BCUT2D eigenvalue weighted by Crippen LogP contribution is -2.50. The molecule has 0 unspecified atom stereocenters. The molecule has 4 aliphatic rings. The predicted molar refractivity (Wildman–Crippen MR) is 144 cm³/mol. The van der Waals surface area contributed by atoms with Crippen molar-refractivity contribution in [3.8, 4) is 17.2 Å². The number of nitrogens with zero attached hydrogens (tertiary/aromatic N) is 2. The molecular weight excluding hydrogens is 466 g/mol. The van der Waals surface area contributed by atoms with E-state index in [4.69, 9.17) is 22.3 Å². The van der Waals surface area contributed by atoms with E-state index in [9.17, 15) is 10.4 Å². The van der Waals surface area contributed by atoms with Crippen LogP contribution >= 0.6 is 11.6 Å². The molecule has 3 N–H and O–H groups in total. The first-order chi connectivity index (χ1) is 17.2. The number of nitrogen functional groups attached to an aromatic ring is 1. The van der Waals surface area contributed by atoms with Crippen molar-refractivity contribution in [3.63, 3.8) is 0 Å². The Morgan fingerprint density at radius 1 is 1.11 bits per heavy atom. The molecule has 0 bridgehead atoms. The lowest BCUT2D eigenvalue weighted by molar-refractivity contribution is -0.0412. The second-order valence-corrected chi connectivity index (χ2v) is 12.7. The van der Waals surface area contributed by atoms with Crippen LogP contribution < -0.4 is 5.73 Å². The monoisotopic (exact) mass is 501 g/mol. The van der Waals surface area contributed by atoms with Crippen molar-refractivity contribution in [2.45, 2.75) is 77.2 Å². The lowest BCUT2D eigenvalue weighted by atomic mass is 9.47. The van der Waals surface area contributed by atoms with Gasteiger partial charge in [-0.1, -0.05) is 49.2 Å². The first-order valence-corrected chi connectivity index (χ1v) is 14.0. The summed E-state index contributed by atoms with van der Waals surface area (Å²) in [5, 5.41) is 20.8. The van der Waals surface area contributed by atoms with Crippen molar-refractivity contribution >= 4 is 17.4 Å². The highest BCUT2D eigenvalue weighted by molar-refractivity contribution is 6.30. The molecule has 0 radical (unpaired) electrons. The van der Waals surface area contributed by atoms with Gasteiger partial charge < -0.3 is 10.8 Å². The third kappa shape index (κ3) is 3.54. The molecule has 2 aromatic rings. The van der Waals surface area contributed by atoms with Gasteiger partial charge in [0.1, 0.15) is 17.5 Å². The normalized spacial score (nSPS) is 37.3. The Hall–Kier alpha value is -2.35. The van der Waals surface area contributed by atoms with Crippen LogP contribution in [0.25, 0.3) is 11.1 Å². The summed E-state index contributed by atoms with van der Waals surface area (Å²) in [7, 11) is 0. The van der Waals surface area contributed by atoms with Crippen LogP contribution in [0.5, 0.6) is 0 Å². The topological polar surface area (TPSA) is 82.9 Å². The van der Waals surface area contributed by atoms with Crippen LogP contribution in [0.2, 0.25) is 5.02 Å². The Balaban J connectivity index is 1.36. The lowest BCUT2D eigenvalue weighted by Gasteiger charge is -2.58. The van der Waals surface area contributed by atoms with Gasteiger partial charge in [0.15, 0.2) is 0 Å². The van der Waals surface area contributed by atoms with Gasteiger partial charge in [0.2, 0.25) is 0 Å². The highest BCUT2D eigenvalue weighted by Gasteiger charge is 2.59. The molecule has 188 valence electrons. The highest BCUT2D eigenvalue weighted by atomic mass is 35.5. The molecule has 7 atom stereocenters. The molecule has 4 nitrogen and oxygen atoms in total. The maximum Gasteiger partial charge on any atom is 0.142 e. The van der Waals surface area contributed by atoms with E-state index in [0.717, 1.165) is 48.9 Å². The molecule has 3 saturated carbocycles. The number of aromatic nitrogens is 1. The van der Waals surface area contributed by atoms with E-state index < -0.39 is 0 Å². The molecule has 0 spiro atoms. The predicted octanol–water partition coefficient (Wildman–Crippen LogP) is 7.26. The molecule has 4 aliphatic carbocycles. The quantitative estimate of drug-likeness (QED) is 0.424. The van der Waals surface area contributed by atoms with Crippen LogP contribution in [0.1, 0.15) is 82.4 Å². The number of nitrogens with two attached hydrogens (primary N) is 1. The van der Waals surface area contributed by atoms with E-state index in [2.05, 4.69) is 32.1 Å². The Labute approximate surface area is 219 Å². The number of aliphatic hydroxyl groups is 1. The molecular formula is C31H36ClN3O. The Morgan fingerprint density at radius 2 is 1.94 bits per heavy atom. The van der Waals surface area contributed by atoms with Gasteiger partial charge in [0.05, 0.1) is 6.10 Å². The minimum atomic E-state index is -0.160. The molecule has 36 heavy (non-hydrogen) atoms. The number of nitriles is 1. The number of aliphatic hydroxyl groups excluding tert-OH is 1. The van der Waals surface area contributed by atoms with E-state index >= 15 is 0 Å². The van der Waals surface area contributed by atoms with Crippen molar-refractivity contribution < 1.29 is 5.11 Å². The van der Waals surface area contributed by atoms with Gasteiger partial charge in [0, 0.05) is 22.2 Å². The third-order valence-electron chi connectivity index (χ3n) is 10.7. The smallest absolute Gasteiger partial charge is 0.142 e. The zero-order valence-electron chi connectivity index (χ0n) is 21.3. The van der Waals surface area contributed by atoms with E-state index in [1.165, 1.54) is 24.8 Å². The molecule has 0 aliphatic heterocycles. The zero-order chi connectivity index (χ0) is 25.2. The van der Waals surface area contributed by atoms with E-state index in [1.807, 2.05) is 24.3 Å². The number of rotatable bonds is 2. The first kappa shape index (κ1) is 24.0. The fourth-order valence-electron chi connectivity index (χ4n) is 8.89. The van der Waals surface area contributed by atoms with Gasteiger partial charge in [-0.05, 0) is 104 Å². The van der Waals surface area contributed by atoms with Crippen LogP contribution in [-0.4, -0.2) is 16.2 Å². The maximum atomic E-state index is 10.3. The van der Waals surface area contributed by atoms with Crippen LogP contribution in [0.4, 0.5) is 5.82 Å². The minimum Gasteiger partial charge on any atom is -0.393 e. The number of halogens is 1. The standard InChI is InChI=1S/C31H36ClN3O/c1-30-12-10-21(36)15-19(30)6-7-22-25-8-9-27(31(25,2)13-11-26(22)30)28-16-23(24(17-33)29(34)35-28)18-4-3-5-20(32)14-18/h3-6,14,16,21-22,25-27,36H,7-13,15H2,1-2H3,(H2,34,35)/t21-,22-,25-,26-,27+,30-,31-/m0/s1. The summed E-state index contributed by atoms with van der Waals surface area (Å²) in [4.78, 5) is 4.84. The van der Waals surface area contributed by atoms with Crippen molar-refractivity contribution in [3.05, 3.63) is 58.3 Å². The van der Waals surface area contributed by atoms with Gasteiger partial charge in [-0.25, -0.2) is 4.98 Å². The molecule has 1 aromatic heterocycles. The van der Waals surface area contributed by atoms with Crippen molar-refractivity contribution in [1.29, 1.82) is 5.26 Å². The summed E-state index contributed by atoms with van der Waals surface area (Å²) >= 11 is 6.29. The summed E-state index contributed by atoms with van der Waals surface area (Å²) < 4.78 is 0. The van der Waals surface area contributed by atoms with Crippen molar-refractivity contribution in [1.82, 2.24) is 4.98 Å². The fraction of sp³-hybridized carbons (Fsp3) is 0.548. The number of benzene rings is 1. The molecule has 0 saturated heterocycles. The largest absolute Gasteiger partial charge is 0.393 e. The van der Waals surface area contributed by atoms with Gasteiger partial charge in [0.25, 0.3) is 0 Å². The average Bonchev–Trinajstić information content (AvgIpc) is 3.21. The number of anilines is 1. The minimum absolute atomic E-state index is 0.160. The highest BCUT2D eigenvalue weighted by Crippen LogP contribution is 2.68. The average molecular weight is 502 g/mol. The van der Waals surface area contributed by atoms with Gasteiger partial charge in [-0.2, -0.15) is 5.26 Å². The SMILES string of the molecule is C[C@]12CC[C@H]3[C@@H](CC=C4C[C@@H](O)CC[C@@]43C)[C@@H]1CC[C@@H]2c1cc(-c2cccc(Cl)c2)c(C#N)c(N)n1. The first-order valence-electron chi connectivity index (χ1n) is 13.6. The Morgan fingerprint density at radius 3 is 2.72 bits per heavy atom. The summed E-state index contributed by atoms with van der Waals surface area (Å²) in [6.07, 6.45) is 11.2. The number of hydrogen-bond acceptors (Lipinski definition) is 4. The number of allylic oxidation sites excluding steroid dienone is 1. The van der Waals surface area contributed by atoms with Crippen molar-refractivity contribution in [2.24, 2.45) is 28.6 Å². The molecule has 3 fully saturated rings. The zero-order valence-corrected chi connectivity index (χ0v) is 22.1. The summed E-state index contributed by atoms with van der Waals surface area (Å²) in [6, 6.07) is 12.1. The second kappa shape index (κ2) is 8.61. The molecule has 5 heteroatoms. The number of hydrogen-bond donors (Lipinski definition) is 2. The van der Waals surface area contributed by atoms with Crippen LogP contribution in [0.15, 0.2) is 42.0 Å². The maximum absolute atomic E-state index is 10.3. The Kier molecular flexibility index (Phi) is 5.74. The molecule has 1 heterocycles. The summed E-state index contributed by atoms with van der Waals surface area (Å²) in [5.74, 6) is 2.73. The van der Waals surface area contributed by atoms with E-state index in [-0.39, 0.29) is 16.9 Å². The second-order valence-electron chi connectivity index (χ2n) is 12.3. The van der Waals surface area contributed by atoms with Crippen LogP contribution in [0, 0.1) is 39.9 Å². The molecule has 0 amide bonds. The van der Waals surface area contributed by atoms with Crippen molar-refractivity contribution in [2.75, 3.05) is 5.73 Å². The third-order valence-corrected chi connectivity index (χ3v) is 11.0. The summed E-state index contributed by atoms with van der Waals surface area (Å²) in [6.45, 7) is 4.98. The van der Waals surface area contributed by atoms with Gasteiger partial charge in [-0.3, -0.25) is 0 Å². The van der Waals surface area contributed by atoms with Crippen LogP contribution in [0.3, 0.4) is 0 Å². The molecule has 6 rings (SSSR count). The Bertz CT molecular complexity index is 1280. The number of fused-ring (bicyclic) bond motifs is 5. The van der Waals surface area contributed by atoms with E-state index in [1.54, 1.807) is 0 Å².